The van der Waals surface area contributed by atoms with Crippen LogP contribution in [0, 0.1) is 0 Å². The van der Waals surface area contributed by atoms with E-state index in [1.165, 1.54) is 5.56 Å². The minimum Gasteiger partial charge on any atom is -0.497 e. The highest BCUT2D eigenvalue weighted by molar-refractivity contribution is 14.0. The topological polar surface area (TPSA) is 67.8 Å². The number of hydrogen-bond donors (Lipinski definition) is 2. The van der Waals surface area contributed by atoms with Gasteiger partial charge in [-0.25, -0.2) is 0 Å². The molecule has 2 N–H and O–H groups in total. The molecule has 0 amide bonds. The number of methoxy groups -OCH3 is 1. The highest BCUT2D eigenvalue weighted by atomic mass is 127. The van der Waals surface area contributed by atoms with E-state index >= 15 is 0 Å². The van der Waals surface area contributed by atoms with E-state index in [9.17, 15) is 0 Å². The molecule has 0 bridgehead atoms. The van der Waals surface area contributed by atoms with Crippen molar-refractivity contribution < 1.29 is 9.47 Å². The van der Waals surface area contributed by atoms with Gasteiger partial charge in [-0.1, -0.05) is 6.07 Å². The lowest BCUT2D eigenvalue weighted by molar-refractivity contribution is 0.321. The van der Waals surface area contributed by atoms with Gasteiger partial charge in [-0.05, 0) is 42.3 Å². The summed E-state index contributed by atoms with van der Waals surface area (Å²) in [7, 11) is 3.40. The molecule has 0 aliphatic heterocycles. The van der Waals surface area contributed by atoms with Crippen LogP contribution in [0.3, 0.4) is 0 Å². The molecule has 7 heteroatoms. The quantitative estimate of drug-likeness (QED) is 0.277. The molecule has 0 unspecified atom stereocenters. The van der Waals surface area contributed by atoms with E-state index in [4.69, 9.17) is 9.47 Å². The minimum absolute atomic E-state index is 0. The highest BCUT2D eigenvalue weighted by Gasteiger charge is 1.99. The fraction of sp³-hybridized carbons (Fsp3) is 0.333. The van der Waals surface area contributed by atoms with E-state index in [0.717, 1.165) is 30.4 Å². The molecule has 0 aliphatic carbocycles. The molecule has 0 spiro atoms. The summed E-state index contributed by atoms with van der Waals surface area (Å²) in [6.45, 7) is 2.01. The van der Waals surface area contributed by atoms with Crippen molar-refractivity contribution in [2.75, 3.05) is 33.9 Å². The maximum atomic E-state index is 5.67. The summed E-state index contributed by atoms with van der Waals surface area (Å²) in [5.74, 6) is 2.40. The fourth-order valence-electron chi connectivity index (χ4n) is 2.10. The van der Waals surface area contributed by atoms with E-state index < -0.39 is 0 Å². The molecule has 6 nitrogen and oxygen atoms in total. The van der Waals surface area contributed by atoms with Gasteiger partial charge in [-0.2, -0.15) is 0 Å². The zero-order valence-electron chi connectivity index (χ0n) is 14.6. The van der Waals surface area contributed by atoms with Crippen LogP contribution in [0.4, 0.5) is 0 Å². The minimum atomic E-state index is 0. The number of aliphatic imine (C=N–C) groups is 1. The van der Waals surface area contributed by atoms with Gasteiger partial charge in [0.25, 0.3) is 0 Å². The monoisotopic (exact) mass is 456 g/mol. The molecule has 0 atom stereocenters. The third-order valence-corrected chi connectivity index (χ3v) is 3.38. The summed E-state index contributed by atoms with van der Waals surface area (Å²) >= 11 is 0. The molecule has 25 heavy (non-hydrogen) atoms. The lowest BCUT2D eigenvalue weighted by Crippen LogP contribution is -2.40. The Morgan fingerprint density at radius 1 is 1.08 bits per heavy atom. The van der Waals surface area contributed by atoms with Crippen molar-refractivity contribution in [2.24, 2.45) is 4.99 Å². The van der Waals surface area contributed by atoms with Gasteiger partial charge in [0.05, 0.1) is 13.7 Å². The van der Waals surface area contributed by atoms with Crippen molar-refractivity contribution in [2.45, 2.75) is 6.42 Å². The molecule has 0 radical (unpaired) electrons. The van der Waals surface area contributed by atoms with Gasteiger partial charge in [0.1, 0.15) is 18.1 Å². The molecule has 1 aromatic carbocycles. The maximum absolute atomic E-state index is 5.67. The fourth-order valence-corrected chi connectivity index (χ4v) is 2.10. The van der Waals surface area contributed by atoms with Gasteiger partial charge in [-0.15, -0.1) is 24.0 Å². The molecular formula is C18H25IN4O2. The molecule has 2 aromatic rings. The summed E-state index contributed by atoms with van der Waals surface area (Å²) in [6.07, 6.45) is 4.55. The predicted molar refractivity (Wildman–Crippen MR) is 111 cm³/mol. The number of benzene rings is 1. The number of hydrogen-bond acceptors (Lipinski definition) is 4. The zero-order valence-corrected chi connectivity index (χ0v) is 16.9. The Bertz CT molecular complexity index is 621. The number of nitrogens with one attached hydrogen (secondary N) is 2. The number of pyridine rings is 1. The summed E-state index contributed by atoms with van der Waals surface area (Å²) < 4.78 is 10.8. The average Bonchev–Trinajstić information content (AvgIpc) is 2.65. The first-order chi connectivity index (χ1) is 11.8. The van der Waals surface area contributed by atoms with Gasteiger partial charge in [-0.3, -0.25) is 9.98 Å². The number of aromatic nitrogens is 1. The van der Waals surface area contributed by atoms with Gasteiger partial charge in [0.2, 0.25) is 0 Å². The second kappa shape index (κ2) is 12.3. The molecule has 0 aliphatic rings. The van der Waals surface area contributed by atoms with Crippen molar-refractivity contribution in [1.82, 2.24) is 15.6 Å². The summed E-state index contributed by atoms with van der Waals surface area (Å²) in [6, 6.07) is 11.5. The molecule has 2 rings (SSSR count). The van der Waals surface area contributed by atoms with Gasteiger partial charge in [0.15, 0.2) is 5.96 Å². The van der Waals surface area contributed by atoms with Crippen LogP contribution in [-0.4, -0.2) is 44.8 Å². The summed E-state index contributed by atoms with van der Waals surface area (Å²) in [4.78, 5) is 8.30. The first-order valence-electron chi connectivity index (χ1n) is 7.92. The number of rotatable bonds is 8. The zero-order chi connectivity index (χ0) is 17.0. The Morgan fingerprint density at radius 2 is 1.80 bits per heavy atom. The van der Waals surface area contributed by atoms with Crippen LogP contribution in [0.15, 0.2) is 53.8 Å². The first-order valence-corrected chi connectivity index (χ1v) is 7.92. The summed E-state index contributed by atoms with van der Waals surface area (Å²) in [5.41, 5.74) is 1.20. The molecule has 0 fully saturated rings. The molecule has 1 aromatic heterocycles. The molecule has 0 saturated carbocycles. The van der Waals surface area contributed by atoms with Gasteiger partial charge < -0.3 is 20.1 Å². The highest BCUT2D eigenvalue weighted by Crippen LogP contribution is 2.16. The van der Waals surface area contributed by atoms with Crippen LogP contribution < -0.4 is 20.1 Å². The third kappa shape index (κ3) is 8.06. The molecular weight excluding hydrogens is 431 g/mol. The van der Waals surface area contributed by atoms with E-state index in [0.29, 0.717) is 13.2 Å². The van der Waals surface area contributed by atoms with Crippen molar-refractivity contribution in [3.8, 4) is 11.5 Å². The van der Waals surface area contributed by atoms with Crippen LogP contribution in [0.25, 0.3) is 0 Å². The second-order valence-corrected chi connectivity index (χ2v) is 5.06. The predicted octanol–water partition coefficient (Wildman–Crippen LogP) is 2.49. The Hall–Kier alpha value is -2.03. The van der Waals surface area contributed by atoms with Crippen LogP contribution in [0.2, 0.25) is 0 Å². The largest absolute Gasteiger partial charge is 0.497 e. The van der Waals surface area contributed by atoms with E-state index in [1.807, 2.05) is 36.5 Å². The van der Waals surface area contributed by atoms with Crippen LogP contribution in [0.1, 0.15) is 5.56 Å². The van der Waals surface area contributed by atoms with E-state index in [-0.39, 0.29) is 24.0 Å². The van der Waals surface area contributed by atoms with E-state index in [2.05, 4.69) is 26.7 Å². The molecule has 136 valence electrons. The van der Waals surface area contributed by atoms with Crippen molar-refractivity contribution >= 4 is 29.9 Å². The van der Waals surface area contributed by atoms with Crippen LogP contribution in [-0.2, 0) is 6.42 Å². The lowest BCUT2D eigenvalue weighted by Gasteiger charge is -2.12. The van der Waals surface area contributed by atoms with Gasteiger partial charge >= 0.3 is 0 Å². The van der Waals surface area contributed by atoms with E-state index in [1.54, 1.807) is 20.4 Å². The maximum Gasteiger partial charge on any atom is 0.191 e. The van der Waals surface area contributed by atoms with Crippen molar-refractivity contribution in [3.63, 3.8) is 0 Å². The number of guanidine groups is 1. The average molecular weight is 456 g/mol. The molecule has 1 heterocycles. The van der Waals surface area contributed by atoms with Gasteiger partial charge in [0, 0.05) is 26.0 Å². The normalized spacial score (nSPS) is 10.6. The lowest BCUT2D eigenvalue weighted by atomic mass is 10.2. The number of halogens is 1. The molecule has 0 saturated heterocycles. The number of ether oxygens (including phenoxy) is 2. The Balaban J connectivity index is 0.00000312. The van der Waals surface area contributed by atoms with Crippen molar-refractivity contribution in [3.05, 3.63) is 54.4 Å². The summed E-state index contributed by atoms with van der Waals surface area (Å²) in [5, 5.41) is 6.49. The van der Waals surface area contributed by atoms with Crippen LogP contribution >= 0.6 is 24.0 Å². The second-order valence-electron chi connectivity index (χ2n) is 5.06. The number of nitrogens with zero attached hydrogens (tertiary/aromatic N) is 2. The Kier molecular flexibility index (Phi) is 10.4. The Morgan fingerprint density at radius 3 is 2.44 bits per heavy atom. The first kappa shape index (κ1) is 21.0. The smallest absolute Gasteiger partial charge is 0.191 e. The van der Waals surface area contributed by atoms with Crippen molar-refractivity contribution in [1.29, 1.82) is 0 Å². The Labute approximate surface area is 166 Å². The standard InChI is InChI=1S/C18H24N4O2.HI/c1-19-18(21-11-9-15-4-3-10-20-14-15)22-12-13-24-17-7-5-16(23-2)6-8-17;/h3-8,10,14H,9,11-13H2,1-2H3,(H2,19,21,22);1H. The third-order valence-electron chi connectivity index (χ3n) is 3.38. The van der Waals surface area contributed by atoms with Crippen LogP contribution in [0.5, 0.6) is 11.5 Å². The SMILES string of the molecule is CN=C(NCCOc1ccc(OC)cc1)NCCc1cccnc1.I.